The standard InChI is InChI=1S/C20H17ClFN3O3/c1-28-15-5-6-16(17(22)10-15)18-7-8-20(27)25(24-18)12-19(26)23-11-13-3-2-4-14(21)9-13/h2-10H,11-12H2,1H3,(H,23,26). The Hall–Kier alpha value is -3.19. The third kappa shape index (κ3) is 4.75. The first-order valence-corrected chi connectivity index (χ1v) is 8.77. The minimum Gasteiger partial charge on any atom is -0.497 e. The van der Waals surface area contributed by atoms with Crippen molar-refractivity contribution in [1.29, 1.82) is 0 Å². The van der Waals surface area contributed by atoms with E-state index in [2.05, 4.69) is 10.4 Å². The topological polar surface area (TPSA) is 73.2 Å². The molecule has 0 aliphatic carbocycles. The molecule has 0 saturated carbocycles. The molecule has 0 aliphatic rings. The number of nitrogens with one attached hydrogen (secondary N) is 1. The highest BCUT2D eigenvalue weighted by molar-refractivity contribution is 6.30. The summed E-state index contributed by atoms with van der Waals surface area (Å²) >= 11 is 5.91. The summed E-state index contributed by atoms with van der Waals surface area (Å²) in [5, 5.41) is 7.38. The largest absolute Gasteiger partial charge is 0.497 e. The highest BCUT2D eigenvalue weighted by atomic mass is 35.5. The molecular formula is C20H17ClFN3O3. The van der Waals surface area contributed by atoms with Gasteiger partial charge < -0.3 is 10.1 Å². The van der Waals surface area contributed by atoms with Gasteiger partial charge >= 0.3 is 0 Å². The molecule has 1 amide bonds. The Morgan fingerprint density at radius 3 is 2.75 bits per heavy atom. The molecule has 1 heterocycles. The number of carbonyl (C=O) groups excluding carboxylic acids is 1. The van der Waals surface area contributed by atoms with Gasteiger partial charge in [0.15, 0.2) is 0 Å². The summed E-state index contributed by atoms with van der Waals surface area (Å²) in [7, 11) is 1.44. The first-order valence-electron chi connectivity index (χ1n) is 8.39. The Kier molecular flexibility index (Phi) is 6.06. The van der Waals surface area contributed by atoms with Crippen LogP contribution in [0.3, 0.4) is 0 Å². The highest BCUT2D eigenvalue weighted by Gasteiger charge is 2.12. The maximum Gasteiger partial charge on any atom is 0.267 e. The highest BCUT2D eigenvalue weighted by Crippen LogP contribution is 2.24. The average molecular weight is 402 g/mol. The monoisotopic (exact) mass is 401 g/mol. The fourth-order valence-corrected chi connectivity index (χ4v) is 2.79. The normalized spacial score (nSPS) is 10.5. The minimum atomic E-state index is -0.539. The Bertz CT molecular complexity index is 1070. The summed E-state index contributed by atoms with van der Waals surface area (Å²) in [6.07, 6.45) is 0. The summed E-state index contributed by atoms with van der Waals surface area (Å²) in [5.41, 5.74) is 0.807. The lowest BCUT2D eigenvalue weighted by molar-refractivity contribution is -0.122. The van der Waals surface area contributed by atoms with Crippen LogP contribution in [-0.4, -0.2) is 22.8 Å². The summed E-state index contributed by atoms with van der Waals surface area (Å²) in [6, 6.07) is 14.1. The van der Waals surface area contributed by atoms with Crippen LogP contribution in [0.4, 0.5) is 4.39 Å². The first-order chi connectivity index (χ1) is 13.5. The average Bonchev–Trinajstić information content (AvgIpc) is 2.68. The van der Waals surface area contributed by atoms with Crippen molar-refractivity contribution in [3.8, 4) is 17.0 Å². The number of benzene rings is 2. The van der Waals surface area contributed by atoms with E-state index in [1.54, 1.807) is 24.3 Å². The van der Waals surface area contributed by atoms with Crippen molar-refractivity contribution in [2.45, 2.75) is 13.1 Å². The molecule has 6 nitrogen and oxygen atoms in total. The predicted molar refractivity (Wildman–Crippen MR) is 104 cm³/mol. The quantitative estimate of drug-likeness (QED) is 0.689. The van der Waals surface area contributed by atoms with Crippen LogP contribution < -0.4 is 15.6 Å². The van der Waals surface area contributed by atoms with Gasteiger partial charge in [0.25, 0.3) is 5.56 Å². The van der Waals surface area contributed by atoms with E-state index in [1.165, 1.54) is 31.4 Å². The maximum atomic E-state index is 14.3. The number of halogens is 2. The number of ether oxygens (including phenoxy) is 1. The number of carbonyl (C=O) groups is 1. The van der Waals surface area contributed by atoms with Gasteiger partial charge in [-0.2, -0.15) is 5.10 Å². The Labute approximate surface area is 165 Å². The van der Waals surface area contributed by atoms with Crippen molar-refractivity contribution >= 4 is 17.5 Å². The van der Waals surface area contributed by atoms with Gasteiger partial charge in [0, 0.05) is 29.3 Å². The van der Waals surface area contributed by atoms with E-state index in [1.807, 2.05) is 6.07 Å². The molecule has 28 heavy (non-hydrogen) atoms. The van der Waals surface area contributed by atoms with E-state index >= 15 is 0 Å². The Morgan fingerprint density at radius 2 is 2.04 bits per heavy atom. The second-order valence-electron chi connectivity index (χ2n) is 5.97. The summed E-state index contributed by atoms with van der Waals surface area (Å²) in [4.78, 5) is 24.2. The van der Waals surface area contributed by atoms with Crippen LogP contribution in [0.2, 0.25) is 5.02 Å². The molecule has 8 heteroatoms. The fraction of sp³-hybridized carbons (Fsp3) is 0.150. The van der Waals surface area contributed by atoms with Gasteiger partial charge in [-0.05, 0) is 35.9 Å². The van der Waals surface area contributed by atoms with Gasteiger partial charge in [0.1, 0.15) is 18.1 Å². The molecule has 0 spiro atoms. The molecular weight excluding hydrogens is 385 g/mol. The van der Waals surface area contributed by atoms with Gasteiger partial charge in [-0.1, -0.05) is 23.7 Å². The second-order valence-corrected chi connectivity index (χ2v) is 6.40. The number of hydrogen-bond donors (Lipinski definition) is 1. The molecule has 0 atom stereocenters. The maximum absolute atomic E-state index is 14.3. The van der Waals surface area contributed by atoms with Gasteiger partial charge in [-0.15, -0.1) is 0 Å². The number of hydrogen-bond acceptors (Lipinski definition) is 4. The summed E-state index contributed by atoms with van der Waals surface area (Å²) in [6.45, 7) is -0.0219. The zero-order valence-electron chi connectivity index (χ0n) is 15.0. The van der Waals surface area contributed by atoms with Crippen LogP contribution >= 0.6 is 11.6 Å². The molecule has 0 unspecified atom stereocenters. The number of nitrogens with zero attached hydrogens (tertiary/aromatic N) is 2. The number of amides is 1. The van der Waals surface area contributed by atoms with Crippen LogP contribution in [0.1, 0.15) is 5.56 Å². The lowest BCUT2D eigenvalue weighted by Crippen LogP contribution is -2.33. The summed E-state index contributed by atoms with van der Waals surface area (Å²) in [5.74, 6) is -0.570. The van der Waals surface area contributed by atoms with Crippen LogP contribution in [-0.2, 0) is 17.9 Å². The SMILES string of the molecule is COc1ccc(-c2ccc(=O)n(CC(=O)NCc3cccc(Cl)c3)n2)c(F)c1. The van der Waals surface area contributed by atoms with Crippen LogP contribution in [0.15, 0.2) is 59.4 Å². The van der Waals surface area contributed by atoms with E-state index in [0.717, 1.165) is 10.2 Å². The van der Waals surface area contributed by atoms with E-state index in [-0.39, 0.29) is 24.3 Å². The predicted octanol–water partition coefficient (Wildman–Crippen LogP) is 3.03. The third-order valence-electron chi connectivity index (χ3n) is 3.99. The van der Waals surface area contributed by atoms with Gasteiger partial charge in [0.05, 0.1) is 12.8 Å². The minimum absolute atomic E-state index is 0.203. The number of methoxy groups -OCH3 is 1. The lowest BCUT2D eigenvalue weighted by Gasteiger charge is -2.09. The molecule has 3 rings (SSSR count). The van der Waals surface area contributed by atoms with Crippen molar-refractivity contribution in [2.24, 2.45) is 0 Å². The van der Waals surface area contributed by atoms with Crippen molar-refractivity contribution in [3.05, 3.63) is 81.4 Å². The zero-order valence-corrected chi connectivity index (χ0v) is 15.7. The van der Waals surface area contributed by atoms with E-state index in [4.69, 9.17) is 16.3 Å². The molecule has 0 saturated heterocycles. The first kappa shape index (κ1) is 19.6. The zero-order chi connectivity index (χ0) is 20.1. The lowest BCUT2D eigenvalue weighted by atomic mass is 10.1. The van der Waals surface area contributed by atoms with Crippen molar-refractivity contribution < 1.29 is 13.9 Å². The van der Waals surface area contributed by atoms with Crippen LogP contribution in [0, 0.1) is 5.82 Å². The molecule has 0 bridgehead atoms. The molecule has 1 N–H and O–H groups in total. The van der Waals surface area contributed by atoms with Crippen molar-refractivity contribution in [3.63, 3.8) is 0 Å². The van der Waals surface area contributed by atoms with Crippen molar-refractivity contribution in [1.82, 2.24) is 15.1 Å². The molecule has 0 aliphatic heterocycles. The molecule has 3 aromatic rings. The Morgan fingerprint density at radius 1 is 1.21 bits per heavy atom. The van der Waals surface area contributed by atoms with Crippen LogP contribution in [0.5, 0.6) is 5.75 Å². The second kappa shape index (κ2) is 8.67. The number of rotatable bonds is 6. The summed E-state index contributed by atoms with van der Waals surface area (Å²) < 4.78 is 20.2. The smallest absolute Gasteiger partial charge is 0.267 e. The van der Waals surface area contributed by atoms with Crippen molar-refractivity contribution in [2.75, 3.05) is 7.11 Å². The van der Waals surface area contributed by atoms with E-state index in [0.29, 0.717) is 10.8 Å². The fourth-order valence-electron chi connectivity index (χ4n) is 2.58. The molecule has 144 valence electrons. The third-order valence-corrected chi connectivity index (χ3v) is 4.23. The molecule has 0 fully saturated rings. The molecule has 0 radical (unpaired) electrons. The van der Waals surface area contributed by atoms with Gasteiger partial charge in [-0.25, -0.2) is 9.07 Å². The van der Waals surface area contributed by atoms with E-state index < -0.39 is 17.3 Å². The molecule has 2 aromatic carbocycles. The van der Waals surface area contributed by atoms with Crippen LogP contribution in [0.25, 0.3) is 11.3 Å². The van der Waals surface area contributed by atoms with E-state index in [9.17, 15) is 14.0 Å². The van der Waals surface area contributed by atoms with Gasteiger partial charge in [-0.3, -0.25) is 9.59 Å². The molecule has 1 aromatic heterocycles. The number of aromatic nitrogens is 2. The Balaban J connectivity index is 1.74. The van der Waals surface area contributed by atoms with Gasteiger partial charge in [0.2, 0.25) is 5.91 Å².